The van der Waals surface area contributed by atoms with E-state index in [-0.39, 0.29) is 23.2 Å². The SMILES string of the molecule is CC(C)CC(CO)Nc1cccc(S(=O)(=O)N(C)C)c1N. The molecule has 0 radical (unpaired) electrons. The Labute approximate surface area is 127 Å². The number of anilines is 2. The van der Waals surface area contributed by atoms with Crippen LogP contribution >= 0.6 is 0 Å². The third kappa shape index (κ3) is 4.33. The Bertz CT molecular complexity index is 571. The van der Waals surface area contributed by atoms with Crippen LogP contribution in [0.5, 0.6) is 0 Å². The van der Waals surface area contributed by atoms with Gasteiger partial charge in [-0.1, -0.05) is 19.9 Å². The number of hydrogen-bond acceptors (Lipinski definition) is 5. The summed E-state index contributed by atoms with van der Waals surface area (Å²) in [5, 5.41) is 12.5. The predicted octanol–water partition coefficient (Wildman–Crippen LogP) is 1.34. The minimum atomic E-state index is -3.59. The Morgan fingerprint density at radius 1 is 1.33 bits per heavy atom. The van der Waals surface area contributed by atoms with Crippen LogP contribution in [0.15, 0.2) is 23.1 Å². The number of nitrogen functional groups attached to an aromatic ring is 1. The first kappa shape index (κ1) is 17.7. The van der Waals surface area contributed by atoms with E-state index in [0.29, 0.717) is 11.6 Å². The summed E-state index contributed by atoms with van der Waals surface area (Å²) in [6.07, 6.45) is 0.764. The van der Waals surface area contributed by atoms with E-state index in [1.54, 1.807) is 12.1 Å². The molecule has 0 fully saturated rings. The van der Waals surface area contributed by atoms with Gasteiger partial charge in [0, 0.05) is 20.1 Å². The molecule has 0 amide bonds. The number of rotatable bonds is 7. The topological polar surface area (TPSA) is 95.7 Å². The van der Waals surface area contributed by atoms with Crippen molar-refractivity contribution < 1.29 is 13.5 Å². The molecule has 0 aliphatic carbocycles. The molecule has 6 nitrogen and oxygen atoms in total. The normalized spacial score (nSPS) is 13.7. The number of aliphatic hydroxyl groups is 1. The standard InChI is InChI=1S/C14H25N3O3S/c1-10(2)8-11(9-18)16-12-6-5-7-13(14(12)15)21(19,20)17(3)4/h5-7,10-11,16,18H,8-9,15H2,1-4H3. The first-order chi connectivity index (χ1) is 9.70. The first-order valence-electron chi connectivity index (χ1n) is 6.88. The summed E-state index contributed by atoms with van der Waals surface area (Å²) < 4.78 is 25.5. The largest absolute Gasteiger partial charge is 0.396 e. The van der Waals surface area contributed by atoms with Gasteiger partial charge < -0.3 is 16.2 Å². The number of benzene rings is 1. The van der Waals surface area contributed by atoms with Crippen molar-refractivity contribution in [1.82, 2.24) is 4.31 Å². The molecule has 0 aliphatic heterocycles. The molecular formula is C14H25N3O3S. The van der Waals surface area contributed by atoms with Crippen LogP contribution < -0.4 is 11.1 Å². The molecule has 1 aromatic carbocycles. The highest BCUT2D eigenvalue weighted by Gasteiger charge is 2.22. The highest BCUT2D eigenvalue weighted by Crippen LogP contribution is 2.29. The van der Waals surface area contributed by atoms with E-state index >= 15 is 0 Å². The number of aliphatic hydroxyl groups excluding tert-OH is 1. The highest BCUT2D eigenvalue weighted by atomic mass is 32.2. The van der Waals surface area contributed by atoms with Crippen molar-refractivity contribution in [1.29, 1.82) is 0 Å². The van der Waals surface area contributed by atoms with Gasteiger partial charge in [0.25, 0.3) is 0 Å². The van der Waals surface area contributed by atoms with Crippen molar-refractivity contribution in [3.05, 3.63) is 18.2 Å². The maximum atomic E-state index is 12.2. The second-order valence-corrected chi connectivity index (χ2v) is 7.78. The van der Waals surface area contributed by atoms with Gasteiger partial charge in [0.15, 0.2) is 0 Å². The van der Waals surface area contributed by atoms with E-state index in [0.717, 1.165) is 10.7 Å². The zero-order chi connectivity index (χ0) is 16.2. The molecule has 0 aromatic heterocycles. The van der Waals surface area contributed by atoms with Gasteiger partial charge in [-0.25, -0.2) is 12.7 Å². The molecule has 21 heavy (non-hydrogen) atoms. The average molecular weight is 315 g/mol. The van der Waals surface area contributed by atoms with Crippen LogP contribution in [0.25, 0.3) is 0 Å². The zero-order valence-electron chi connectivity index (χ0n) is 13.0. The molecule has 1 atom stereocenters. The fraction of sp³-hybridized carbons (Fsp3) is 0.571. The number of nitrogens with one attached hydrogen (secondary N) is 1. The first-order valence-corrected chi connectivity index (χ1v) is 8.32. The van der Waals surface area contributed by atoms with Gasteiger partial charge >= 0.3 is 0 Å². The zero-order valence-corrected chi connectivity index (χ0v) is 13.8. The van der Waals surface area contributed by atoms with Gasteiger partial charge in [0.1, 0.15) is 4.90 Å². The fourth-order valence-electron chi connectivity index (χ4n) is 2.06. The second-order valence-electron chi connectivity index (χ2n) is 5.66. The third-order valence-electron chi connectivity index (χ3n) is 3.16. The summed E-state index contributed by atoms with van der Waals surface area (Å²) in [6, 6.07) is 4.67. The minimum Gasteiger partial charge on any atom is -0.396 e. The molecule has 7 heteroatoms. The Hall–Kier alpha value is -1.31. The Morgan fingerprint density at radius 3 is 2.43 bits per heavy atom. The number of nitrogens with zero attached hydrogens (tertiary/aromatic N) is 1. The summed E-state index contributed by atoms with van der Waals surface area (Å²) in [4.78, 5) is 0.0683. The Balaban J connectivity index is 3.12. The molecular weight excluding hydrogens is 290 g/mol. The summed E-state index contributed by atoms with van der Waals surface area (Å²) in [6.45, 7) is 4.07. The predicted molar refractivity (Wildman–Crippen MR) is 85.7 cm³/mol. The van der Waals surface area contributed by atoms with E-state index in [1.165, 1.54) is 20.2 Å². The quantitative estimate of drug-likeness (QED) is 0.660. The van der Waals surface area contributed by atoms with Crippen LogP contribution in [0.3, 0.4) is 0 Å². The van der Waals surface area contributed by atoms with Crippen LogP contribution in [0.4, 0.5) is 11.4 Å². The van der Waals surface area contributed by atoms with Gasteiger partial charge in [0.2, 0.25) is 10.0 Å². The van der Waals surface area contributed by atoms with Crippen molar-refractivity contribution >= 4 is 21.4 Å². The van der Waals surface area contributed by atoms with E-state index in [2.05, 4.69) is 19.2 Å². The van der Waals surface area contributed by atoms with E-state index in [4.69, 9.17) is 5.73 Å². The summed E-state index contributed by atoms with van der Waals surface area (Å²) in [7, 11) is -0.665. The highest BCUT2D eigenvalue weighted by molar-refractivity contribution is 7.89. The molecule has 0 bridgehead atoms. The molecule has 120 valence electrons. The molecule has 1 rings (SSSR count). The van der Waals surface area contributed by atoms with E-state index < -0.39 is 10.0 Å². The van der Waals surface area contributed by atoms with Crippen molar-refractivity contribution in [3.63, 3.8) is 0 Å². The molecule has 0 aliphatic rings. The number of sulfonamides is 1. The maximum Gasteiger partial charge on any atom is 0.244 e. The fourth-order valence-corrected chi connectivity index (χ4v) is 3.09. The number of nitrogens with two attached hydrogens (primary N) is 1. The molecule has 0 saturated carbocycles. The molecule has 0 heterocycles. The smallest absolute Gasteiger partial charge is 0.244 e. The lowest BCUT2D eigenvalue weighted by Gasteiger charge is -2.22. The molecule has 4 N–H and O–H groups in total. The second kappa shape index (κ2) is 7.11. The lowest BCUT2D eigenvalue weighted by Crippen LogP contribution is -2.27. The van der Waals surface area contributed by atoms with Crippen LogP contribution in [-0.4, -0.2) is 44.6 Å². The number of para-hydroxylation sites is 1. The van der Waals surface area contributed by atoms with Gasteiger partial charge in [-0.2, -0.15) is 0 Å². The van der Waals surface area contributed by atoms with E-state index in [9.17, 15) is 13.5 Å². The van der Waals surface area contributed by atoms with Crippen LogP contribution in [0.1, 0.15) is 20.3 Å². The van der Waals surface area contributed by atoms with Gasteiger partial charge in [-0.15, -0.1) is 0 Å². The van der Waals surface area contributed by atoms with Crippen molar-refractivity contribution in [3.8, 4) is 0 Å². The van der Waals surface area contributed by atoms with Gasteiger partial charge in [-0.05, 0) is 24.5 Å². The van der Waals surface area contributed by atoms with E-state index in [1.807, 2.05) is 0 Å². The Kier molecular flexibility index (Phi) is 6.00. The third-order valence-corrected chi connectivity index (χ3v) is 5.03. The lowest BCUT2D eigenvalue weighted by atomic mass is 10.0. The monoisotopic (exact) mass is 315 g/mol. The summed E-state index contributed by atoms with van der Waals surface area (Å²) in [5.41, 5.74) is 6.69. The molecule has 0 spiro atoms. The van der Waals surface area contributed by atoms with Crippen molar-refractivity contribution in [2.75, 3.05) is 31.8 Å². The van der Waals surface area contributed by atoms with Crippen molar-refractivity contribution in [2.24, 2.45) is 5.92 Å². The molecule has 1 aromatic rings. The van der Waals surface area contributed by atoms with Gasteiger partial charge in [0.05, 0.1) is 18.0 Å². The van der Waals surface area contributed by atoms with Crippen molar-refractivity contribution in [2.45, 2.75) is 31.2 Å². The van der Waals surface area contributed by atoms with Crippen LogP contribution in [0, 0.1) is 5.92 Å². The average Bonchev–Trinajstić information content (AvgIpc) is 2.39. The number of hydrogen-bond donors (Lipinski definition) is 3. The maximum absolute atomic E-state index is 12.2. The minimum absolute atomic E-state index is 0.0394. The lowest BCUT2D eigenvalue weighted by molar-refractivity contribution is 0.259. The molecule has 0 saturated heterocycles. The summed E-state index contributed by atoms with van der Waals surface area (Å²) in [5.74, 6) is 0.407. The van der Waals surface area contributed by atoms with Crippen LogP contribution in [-0.2, 0) is 10.0 Å². The Morgan fingerprint density at radius 2 is 1.95 bits per heavy atom. The summed E-state index contributed by atoms with van der Waals surface area (Å²) >= 11 is 0. The van der Waals surface area contributed by atoms with Gasteiger partial charge in [-0.3, -0.25) is 0 Å². The molecule has 1 unspecified atom stereocenters. The van der Waals surface area contributed by atoms with Crippen LogP contribution in [0.2, 0.25) is 0 Å².